The van der Waals surface area contributed by atoms with Crippen LogP contribution in [-0.4, -0.2) is 60.4 Å². The van der Waals surface area contributed by atoms with E-state index >= 15 is 0 Å². The minimum atomic E-state index is -0.833. The average molecular weight is 486 g/mol. The van der Waals surface area contributed by atoms with Gasteiger partial charge < -0.3 is 29.4 Å². The summed E-state index contributed by atoms with van der Waals surface area (Å²) in [6.07, 6.45) is 12.8. The molecule has 1 aliphatic rings. The molecule has 0 amide bonds. The number of imidazole rings is 2. The monoisotopic (exact) mass is 485 g/mol. The highest BCUT2D eigenvalue weighted by molar-refractivity contribution is 5.63. The SMILES string of the molecule is CC(=O)O.CC(=O)O.C[C@H]1C[C@H](n2ccnc2-c2cccc(OCCCn3ccnc3)c2)CCN1. The first-order valence-electron chi connectivity index (χ1n) is 11.6. The summed E-state index contributed by atoms with van der Waals surface area (Å²) in [5, 5.41) is 18.4. The third kappa shape index (κ3) is 10.4. The standard InChI is InChI=1S/C21H27N5O.2C2H4O2/c1-17-14-19(6-7-23-17)26-12-9-24-21(26)18-4-2-5-20(15-18)27-13-3-10-25-11-8-22-16-25;2*1-2(3)4/h2,4-5,8-9,11-12,15-17,19,23H,3,6-7,10,13-14H2,1H3;2*1H3,(H,3,4)/t17-,19+;;/m0../s1. The van der Waals surface area contributed by atoms with Crippen molar-refractivity contribution in [2.24, 2.45) is 0 Å². The molecule has 0 aliphatic carbocycles. The van der Waals surface area contributed by atoms with E-state index in [1.807, 2.05) is 30.9 Å². The van der Waals surface area contributed by atoms with Gasteiger partial charge in [0.05, 0.1) is 12.9 Å². The maximum absolute atomic E-state index is 9.00. The van der Waals surface area contributed by atoms with Crippen LogP contribution in [0.3, 0.4) is 0 Å². The van der Waals surface area contributed by atoms with Gasteiger partial charge in [0.15, 0.2) is 0 Å². The van der Waals surface area contributed by atoms with Gasteiger partial charge in [-0.05, 0) is 44.9 Å². The third-order valence-electron chi connectivity index (χ3n) is 5.14. The highest BCUT2D eigenvalue weighted by Crippen LogP contribution is 2.29. The van der Waals surface area contributed by atoms with Crippen molar-refractivity contribution in [3.63, 3.8) is 0 Å². The Labute approximate surface area is 205 Å². The van der Waals surface area contributed by atoms with Crippen molar-refractivity contribution >= 4 is 11.9 Å². The van der Waals surface area contributed by atoms with Crippen LogP contribution in [0.1, 0.15) is 46.1 Å². The van der Waals surface area contributed by atoms with Crippen LogP contribution >= 0.6 is 0 Å². The number of piperidine rings is 1. The van der Waals surface area contributed by atoms with Crippen molar-refractivity contribution in [3.8, 4) is 17.1 Å². The lowest BCUT2D eigenvalue weighted by Crippen LogP contribution is -2.36. The summed E-state index contributed by atoms with van der Waals surface area (Å²) in [6, 6.07) is 9.32. The van der Waals surface area contributed by atoms with Crippen LogP contribution in [0.15, 0.2) is 55.4 Å². The van der Waals surface area contributed by atoms with E-state index in [2.05, 4.69) is 49.7 Å². The van der Waals surface area contributed by atoms with Crippen molar-refractivity contribution in [2.45, 2.75) is 58.7 Å². The number of nitrogens with zero attached hydrogens (tertiary/aromatic N) is 4. The number of ether oxygens (including phenoxy) is 1. The molecule has 4 rings (SSSR count). The maximum atomic E-state index is 9.00. The summed E-state index contributed by atoms with van der Waals surface area (Å²) in [5.41, 5.74) is 1.11. The fourth-order valence-corrected chi connectivity index (χ4v) is 3.77. The molecule has 2 aromatic heterocycles. The second-order valence-corrected chi connectivity index (χ2v) is 8.26. The molecule has 0 saturated carbocycles. The number of hydrogen-bond acceptors (Lipinski definition) is 6. The van der Waals surface area contributed by atoms with Crippen molar-refractivity contribution in [2.75, 3.05) is 13.2 Å². The fraction of sp³-hybridized carbons (Fsp3) is 0.440. The normalized spacial score (nSPS) is 16.8. The molecule has 35 heavy (non-hydrogen) atoms. The number of aryl methyl sites for hydroxylation is 1. The minimum absolute atomic E-state index is 0.499. The molecule has 0 radical (unpaired) electrons. The van der Waals surface area contributed by atoms with Crippen molar-refractivity contribution in [1.82, 2.24) is 24.4 Å². The molecule has 0 unspecified atom stereocenters. The van der Waals surface area contributed by atoms with Gasteiger partial charge in [0, 0.05) is 62.8 Å². The zero-order valence-corrected chi connectivity index (χ0v) is 20.5. The Morgan fingerprint density at radius 1 is 1.17 bits per heavy atom. The Morgan fingerprint density at radius 2 is 1.91 bits per heavy atom. The van der Waals surface area contributed by atoms with E-state index in [4.69, 9.17) is 24.5 Å². The molecule has 3 aromatic rings. The Morgan fingerprint density at radius 3 is 2.57 bits per heavy atom. The quantitative estimate of drug-likeness (QED) is 0.432. The van der Waals surface area contributed by atoms with Gasteiger partial charge in [0.1, 0.15) is 11.6 Å². The number of rotatable bonds is 7. The van der Waals surface area contributed by atoms with E-state index in [1.165, 1.54) is 0 Å². The molecule has 1 aromatic carbocycles. The van der Waals surface area contributed by atoms with Crippen molar-refractivity contribution in [1.29, 1.82) is 0 Å². The molecular weight excluding hydrogens is 450 g/mol. The lowest BCUT2D eigenvalue weighted by atomic mass is 10.00. The van der Waals surface area contributed by atoms with Crippen LogP contribution in [0.4, 0.5) is 0 Å². The van der Waals surface area contributed by atoms with Gasteiger partial charge in [0.25, 0.3) is 11.9 Å². The molecule has 1 fully saturated rings. The van der Waals surface area contributed by atoms with Crippen molar-refractivity contribution in [3.05, 3.63) is 55.4 Å². The van der Waals surface area contributed by atoms with E-state index in [1.54, 1.807) is 6.20 Å². The van der Waals surface area contributed by atoms with E-state index in [0.29, 0.717) is 18.7 Å². The number of nitrogens with one attached hydrogen (secondary N) is 1. The van der Waals surface area contributed by atoms with Crippen LogP contribution in [0.2, 0.25) is 0 Å². The predicted molar refractivity (Wildman–Crippen MR) is 132 cm³/mol. The molecule has 1 aliphatic heterocycles. The molecule has 0 spiro atoms. The zero-order chi connectivity index (χ0) is 25.6. The van der Waals surface area contributed by atoms with Gasteiger partial charge in [-0.2, -0.15) is 0 Å². The molecule has 3 heterocycles. The number of carbonyl (C=O) groups is 2. The van der Waals surface area contributed by atoms with E-state index in [0.717, 1.165) is 63.3 Å². The molecule has 2 atom stereocenters. The number of hydrogen-bond donors (Lipinski definition) is 3. The van der Waals surface area contributed by atoms with Gasteiger partial charge >= 0.3 is 0 Å². The van der Waals surface area contributed by atoms with Crippen LogP contribution in [0, 0.1) is 0 Å². The second-order valence-electron chi connectivity index (χ2n) is 8.26. The summed E-state index contributed by atoms with van der Waals surface area (Å²) < 4.78 is 10.4. The summed E-state index contributed by atoms with van der Waals surface area (Å²) in [5.74, 6) is 0.254. The first-order chi connectivity index (χ1) is 16.8. The van der Waals surface area contributed by atoms with E-state index in [-0.39, 0.29) is 0 Å². The molecule has 190 valence electrons. The lowest BCUT2D eigenvalue weighted by Gasteiger charge is -2.30. The van der Waals surface area contributed by atoms with Crippen LogP contribution in [0.5, 0.6) is 5.75 Å². The smallest absolute Gasteiger partial charge is 0.300 e. The highest BCUT2D eigenvalue weighted by Gasteiger charge is 2.22. The Hall–Kier alpha value is -3.66. The molecule has 10 heteroatoms. The van der Waals surface area contributed by atoms with E-state index < -0.39 is 11.9 Å². The second kappa shape index (κ2) is 14.6. The number of aliphatic carboxylic acids is 2. The molecule has 10 nitrogen and oxygen atoms in total. The van der Waals surface area contributed by atoms with E-state index in [9.17, 15) is 0 Å². The summed E-state index contributed by atoms with van der Waals surface area (Å²) in [6.45, 7) is 7.07. The van der Waals surface area contributed by atoms with Gasteiger partial charge in [-0.15, -0.1) is 0 Å². The zero-order valence-electron chi connectivity index (χ0n) is 20.5. The largest absolute Gasteiger partial charge is 0.494 e. The first kappa shape index (κ1) is 27.6. The Kier molecular flexibility index (Phi) is 11.5. The topological polar surface area (TPSA) is 132 Å². The van der Waals surface area contributed by atoms with Gasteiger partial charge in [-0.25, -0.2) is 9.97 Å². The van der Waals surface area contributed by atoms with Gasteiger partial charge in [-0.3, -0.25) is 9.59 Å². The van der Waals surface area contributed by atoms with Crippen LogP contribution in [0.25, 0.3) is 11.4 Å². The van der Waals surface area contributed by atoms with Crippen molar-refractivity contribution < 1.29 is 24.5 Å². The highest BCUT2D eigenvalue weighted by atomic mass is 16.5. The fourth-order valence-electron chi connectivity index (χ4n) is 3.77. The molecule has 1 saturated heterocycles. The molecular formula is C25H35N5O5. The number of benzene rings is 1. The summed E-state index contributed by atoms with van der Waals surface area (Å²) in [4.78, 5) is 26.7. The third-order valence-corrected chi connectivity index (χ3v) is 5.14. The molecule has 3 N–H and O–H groups in total. The molecule has 0 bridgehead atoms. The van der Waals surface area contributed by atoms with Gasteiger partial charge in [-0.1, -0.05) is 12.1 Å². The average Bonchev–Trinajstić information content (AvgIpc) is 3.48. The summed E-state index contributed by atoms with van der Waals surface area (Å²) >= 11 is 0. The Balaban J connectivity index is 0.000000473. The maximum Gasteiger partial charge on any atom is 0.300 e. The number of carboxylic acids is 2. The number of aromatic nitrogens is 4. The predicted octanol–water partition coefficient (Wildman–Crippen LogP) is 3.71. The number of carboxylic acid groups (broad SMARTS) is 2. The Bertz CT molecular complexity index is 1010. The summed E-state index contributed by atoms with van der Waals surface area (Å²) in [7, 11) is 0. The van der Waals surface area contributed by atoms with Crippen LogP contribution < -0.4 is 10.1 Å². The van der Waals surface area contributed by atoms with Gasteiger partial charge in [0.2, 0.25) is 0 Å². The minimum Gasteiger partial charge on any atom is -0.494 e. The van der Waals surface area contributed by atoms with Crippen LogP contribution in [-0.2, 0) is 16.1 Å². The lowest BCUT2D eigenvalue weighted by molar-refractivity contribution is -0.135. The first-order valence-corrected chi connectivity index (χ1v) is 11.6.